The summed E-state index contributed by atoms with van der Waals surface area (Å²) in [5.74, 6) is 0.352. The minimum absolute atomic E-state index is 0.283. The maximum atomic E-state index is 13.3. The van der Waals surface area contributed by atoms with E-state index in [4.69, 9.17) is 0 Å². The molecule has 152 valence electrons. The molecule has 1 unspecified atom stereocenters. The first-order valence-electron chi connectivity index (χ1n) is 9.48. The van der Waals surface area contributed by atoms with Gasteiger partial charge in [-0.3, -0.25) is 18.8 Å². The van der Waals surface area contributed by atoms with Gasteiger partial charge >= 0.3 is 5.69 Å². The highest BCUT2D eigenvalue weighted by Gasteiger charge is 2.31. The lowest BCUT2D eigenvalue weighted by Gasteiger charge is -2.27. The number of nitrogens with zero attached hydrogens (tertiary/aromatic N) is 5. The van der Waals surface area contributed by atoms with Crippen molar-refractivity contribution < 1.29 is 8.78 Å². The van der Waals surface area contributed by atoms with Crippen molar-refractivity contribution in [2.45, 2.75) is 38.4 Å². The fraction of sp³-hybridized carbons (Fsp3) is 0.400. The van der Waals surface area contributed by atoms with Crippen LogP contribution < -0.4 is 11.2 Å². The molecule has 1 aliphatic heterocycles. The van der Waals surface area contributed by atoms with E-state index in [1.54, 1.807) is 37.4 Å². The monoisotopic (exact) mass is 401 g/mol. The minimum Gasteiger partial charge on any atom is -0.298 e. The molecule has 3 heterocycles. The molecule has 0 spiro atoms. The van der Waals surface area contributed by atoms with E-state index in [1.807, 2.05) is 0 Å². The van der Waals surface area contributed by atoms with Crippen LogP contribution in [-0.2, 0) is 20.1 Å². The van der Waals surface area contributed by atoms with Gasteiger partial charge in [-0.2, -0.15) is 0 Å². The fourth-order valence-electron chi connectivity index (χ4n) is 3.94. The van der Waals surface area contributed by atoms with Crippen LogP contribution in [0.4, 0.5) is 8.78 Å². The van der Waals surface area contributed by atoms with Gasteiger partial charge in [0.2, 0.25) is 0 Å². The normalized spacial score (nSPS) is 17.4. The van der Waals surface area contributed by atoms with Crippen molar-refractivity contribution in [2.24, 2.45) is 7.05 Å². The van der Waals surface area contributed by atoms with Crippen LogP contribution in [0.1, 0.15) is 30.4 Å². The third-order valence-electron chi connectivity index (χ3n) is 5.41. The van der Waals surface area contributed by atoms with Crippen molar-refractivity contribution in [2.75, 3.05) is 6.54 Å². The average molecular weight is 401 g/mol. The molecule has 0 N–H and O–H groups in total. The minimum atomic E-state index is -2.66. The molecule has 1 aliphatic rings. The van der Waals surface area contributed by atoms with Crippen molar-refractivity contribution >= 4 is 10.9 Å². The maximum absolute atomic E-state index is 13.3. The summed E-state index contributed by atoms with van der Waals surface area (Å²) in [6, 6.07) is 8.28. The number of aromatic nitrogens is 4. The van der Waals surface area contributed by atoms with E-state index in [-0.39, 0.29) is 11.7 Å². The van der Waals surface area contributed by atoms with Gasteiger partial charge in [0.05, 0.1) is 23.5 Å². The van der Waals surface area contributed by atoms with Crippen LogP contribution in [0.15, 0.2) is 46.1 Å². The molecule has 29 heavy (non-hydrogen) atoms. The van der Waals surface area contributed by atoms with E-state index < -0.39 is 18.5 Å². The van der Waals surface area contributed by atoms with Gasteiger partial charge in [0.1, 0.15) is 5.82 Å². The maximum Gasteiger partial charge on any atom is 0.347 e. The molecule has 1 fully saturated rings. The van der Waals surface area contributed by atoms with Crippen molar-refractivity contribution in [3.63, 3.8) is 0 Å². The van der Waals surface area contributed by atoms with Crippen LogP contribution in [0.5, 0.6) is 0 Å². The zero-order valence-corrected chi connectivity index (χ0v) is 16.0. The Morgan fingerprint density at radius 1 is 1.21 bits per heavy atom. The number of alkyl halides is 2. The van der Waals surface area contributed by atoms with E-state index in [9.17, 15) is 18.4 Å². The number of hydrogen-bond donors (Lipinski definition) is 0. The topological polar surface area (TPSA) is 73.0 Å². The van der Waals surface area contributed by atoms with E-state index in [0.29, 0.717) is 29.7 Å². The van der Waals surface area contributed by atoms with E-state index in [1.165, 1.54) is 10.8 Å². The Balaban J connectivity index is 1.78. The van der Waals surface area contributed by atoms with Crippen LogP contribution in [0.25, 0.3) is 10.9 Å². The first-order valence-corrected chi connectivity index (χ1v) is 9.48. The highest BCUT2D eigenvalue weighted by Crippen LogP contribution is 2.32. The second kappa shape index (κ2) is 7.82. The number of benzene rings is 1. The zero-order chi connectivity index (χ0) is 20.5. The van der Waals surface area contributed by atoms with Gasteiger partial charge in [0, 0.05) is 25.5 Å². The van der Waals surface area contributed by atoms with Gasteiger partial charge in [0.15, 0.2) is 0 Å². The SMILES string of the molecule is Cn1c(CN2CCCC2c2nc3ccccc3c(=O)n2CC(F)F)ccnc1=O. The van der Waals surface area contributed by atoms with Gasteiger partial charge in [-0.25, -0.2) is 23.5 Å². The molecular weight excluding hydrogens is 380 g/mol. The summed E-state index contributed by atoms with van der Waals surface area (Å²) >= 11 is 0. The standard InChI is InChI=1S/C20H21F2N5O2/c1-25-13(8-9-23-20(25)29)11-26-10-4-7-16(26)18-24-15-6-3-2-5-14(15)19(28)27(18)12-17(21)22/h2-3,5-6,8-9,16-17H,4,7,10-12H2,1H3. The number of fused-ring (bicyclic) bond motifs is 1. The van der Waals surface area contributed by atoms with Crippen LogP contribution in [0.2, 0.25) is 0 Å². The quantitative estimate of drug-likeness (QED) is 0.655. The van der Waals surface area contributed by atoms with Crippen LogP contribution in [0.3, 0.4) is 0 Å². The van der Waals surface area contributed by atoms with Crippen molar-refractivity contribution in [3.05, 3.63) is 68.9 Å². The first-order chi connectivity index (χ1) is 14.0. The summed E-state index contributed by atoms with van der Waals surface area (Å²) < 4.78 is 29.1. The largest absolute Gasteiger partial charge is 0.347 e. The molecule has 1 saturated heterocycles. The van der Waals surface area contributed by atoms with E-state index in [0.717, 1.165) is 23.2 Å². The molecule has 9 heteroatoms. The van der Waals surface area contributed by atoms with Crippen molar-refractivity contribution in [1.82, 2.24) is 24.0 Å². The van der Waals surface area contributed by atoms with Crippen molar-refractivity contribution in [3.8, 4) is 0 Å². The summed E-state index contributed by atoms with van der Waals surface area (Å²) in [5, 5.41) is 0.331. The molecule has 0 saturated carbocycles. The average Bonchev–Trinajstić information content (AvgIpc) is 3.15. The highest BCUT2D eigenvalue weighted by molar-refractivity contribution is 5.77. The van der Waals surface area contributed by atoms with Gasteiger partial charge in [0.25, 0.3) is 12.0 Å². The van der Waals surface area contributed by atoms with E-state index >= 15 is 0 Å². The Hall–Kier alpha value is -2.94. The molecule has 2 aromatic heterocycles. The Morgan fingerprint density at radius 2 is 2.00 bits per heavy atom. The summed E-state index contributed by atoms with van der Waals surface area (Å²) in [4.78, 5) is 35.2. The molecule has 0 bridgehead atoms. The molecular formula is C20H21F2N5O2. The number of para-hydroxylation sites is 1. The number of rotatable bonds is 5. The van der Waals surface area contributed by atoms with Gasteiger partial charge in [-0.05, 0) is 37.6 Å². The number of hydrogen-bond acceptors (Lipinski definition) is 5. The Labute approximate surface area is 165 Å². The first kappa shape index (κ1) is 19.4. The lowest BCUT2D eigenvalue weighted by atomic mass is 10.1. The molecule has 4 rings (SSSR count). The highest BCUT2D eigenvalue weighted by atomic mass is 19.3. The predicted molar refractivity (Wildman–Crippen MR) is 104 cm³/mol. The summed E-state index contributed by atoms with van der Waals surface area (Å²) in [7, 11) is 1.65. The summed E-state index contributed by atoms with van der Waals surface area (Å²) in [6.07, 6.45) is 0.350. The predicted octanol–water partition coefficient (Wildman–Crippen LogP) is 2.09. The Bertz CT molecular complexity index is 1160. The van der Waals surface area contributed by atoms with Crippen LogP contribution >= 0.6 is 0 Å². The molecule has 0 amide bonds. The molecule has 7 nitrogen and oxygen atoms in total. The van der Waals surface area contributed by atoms with Gasteiger partial charge in [-0.1, -0.05) is 12.1 Å². The van der Waals surface area contributed by atoms with E-state index in [2.05, 4.69) is 14.9 Å². The van der Waals surface area contributed by atoms with Gasteiger partial charge in [-0.15, -0.1) is 0 Å². The molecule has 3 aromatic rings. The molecule has 0 radical (unpaired) electrons. The lowest BCUT2D eigenvalue weighted by molar-refractivity contribution is 0.120. The molecule has 1 atom stereocenters. The van der Waals surface area contributed by atoms with Gasteiger partial charge < -0.3 is 0 Å². The molecule has 0 aliphatic carbocycles. The van der Waals surface area contributed by atoms with Crippen LogP contribution in [0, 0.1) is 0 Å². The summed E-state index contributed by atoms with van der Waals surface area (Å²) in [6.45, 7) is 0.471. The second-order valence-electron chi connectivity index (χ2n) is 7.20. The smallest absolute Gasteiger partial charge is 0.298 e. The zero-order valence-electron chi connectivity index (χ0n) is 16.0. The third-order valence-corrected chi connectivity index (χ3v) is 5.41. The lowest BCUT2D eigenvalue weighted by Crippen LogP contribution is -2.34. The Morgan fingerprint density at radius 3 is 2.79 bits per heavy atom. The fourth-order valence-corrected chi connectivity index (χ4v) is 3.94. The third kappa shape index (κ3) is 3.69. The van der Waals surface area contributed by atoms with Crippen LogP contribution in [-0.4, -0.2) is 37.0 Å². The number of halogens is 2. The molecule has 1 aromatic carbocycles. The number of likely N-dealkylation sites (tertiary alicyclic amines) is 1. The second-order valence-corrected chi connectivity index (χ2v) is 7.20. The Kier molecular flexibility index (Phi) is 5.23. The summed E-state index contributed by atoms with van der Waals surface area (Å²) in [5.41, 5.74) is 0.465. The van der Waals surface area contributed by atoms with Crippen molar-refractivity contribution in [1.29, 1.82) is 0 Å².